The van der Waals surface area contributed by atoms with Crippen molar-refractivity contribution in [1.82, 2.24) is 4.31 Å². The van der Waals surface area contributed by atoms with E-state index in [9.17, 15) is 18.0 Å². The van der Waals surface area contributed by atoms with Gasteiger partial charge in [-0.05, 0) is 49.2 Å². The molecule has 0 unspecified atom stereocenters. The van der Waals surface area contributed by atoms with Crippen LogP contribution in [0, 0.1) is 0 Å². The molecule has 0 aliphatic carbocycles. The molecule has 0 saturated heterocycles. The Hall–Kier alpha value is -3.71. The summed E-state index contributed by atoms with van der Waals surface area (Å²) in [5.74, 6) is 0.979. The van der Waals surface area contributed by atoms with Gasteiger partial charge >= 0.3 is 0 Å². The lowest BCUT2D eigenvalue weighted by Crippen LogP contribution is -2.35. The first kappa shape index (κ1) is 38.5. The lowest BCUT2D eigenvalue weighted by Gasteiger charge is -2.22. The Labute approximate surface area is 276 Å². The average Bonchev–Trinajstić information content (AvgIpc) is 3.08. The maximum Gasteiger partial charge on any atom is 0.253 e. The van der Waals surface area contributed by atoms with Crippen molar-refractivity contribution in [2.24, 2.45) is 0 Å². The number of anilines is 4. The number of nitrogens with one attached hydrogen (secondary N) is 2. The second kappa shape index (κ2) is 20.4. The van der Waals surface area contributed by atoms with Gasteiger partial charge in [-0.15, -0.1) is 13.2 Å². The van der Waals surface area contributed by atoms with Gasteiger partial charge in [0.2, 0.25) is 10.0 Å². The summed E-state index contributed by atoms with van der Waals surface area (Å²) in [4.78, 5) is 25.1. The highest BCUT2D eigenvalue weighted by molar-refractivity contribution is 7.89. The van der Waals surface area contributed by atoms with Crippen molar-refractivity contribution < 1.29 is 30.2 Å². The van der Waals surface area contributed by atoms with Gasteiger partial charge in [0, 0.05) is 33.4 Å². The van der Waals surface area contributed by atoms with Crippen LogP contribution in [0.3, 0.4) is 0 Å². The number of benzene rings is 2. The fraction of sp³-hybridized carbons (Fsp3) is 0.471. The molecule has 1 aliphatic rings. The molecule has 0 aromatic heterocycles. The van der Waals surface area contributed by atoms with E-state index in [1.165, 1.54) is 16.4 Å². The first-order valence-corrected chi connectivity index (χ1v) is 17.3. The molecule has 258 valence electrons. The highest BCUT2D eigenvalue weighted by Gasteiger charge is 2.25. The molecule has 0 bridgehead atoms. The third-order valence-corrected chi connectivity index (χ3v) is 8.66. The molecule has 12 heteroatoms. The van der Waals surface area contributed by atoms with E-state index < -0.39 is 20.9 Å². The number of sulfonamides is 1. The minimum Gasteiger partial charge on any atom is -0.487 e. The summed E-state index contributed by atoms with van der Waals surface area (Å²) in [5.41, 5.74) is -0.116. The molecule has 0 atom stereocenters. The van der Waals surface area contributed by atoms with Crippen LogP contribution >= 0.6 is 0 Å². The maximum absolute atomic E-state index is 13.3. The molecular weight excluding hydrogens is 610 g/mol. The van der Waals surface area contributed by atoms with E-state index in [0.29, 0.717) is 75.6 Å². The van der Waals surface area contributed by atoms with Crippen molar-refractivity contribution in [2.75, 3.05) is 63.4 Å². The van der Waals surface area contributed by atoms with Crippen LogP contribution in [-0.2, 0) is 19.5 Å². The highest BCUT2D eigenvalue weighted by Crippen LogP contribution is 2.33. The number of ether oxygens (including phenoxy) is 4. The zero-order valence-corrected chi connectivity index (χ0v) is 28.4. The van der Waals surface area contributed by atoms with Crippen molar-refractivity contribution >= 4 is 32.8 Å². The van der Waals surface area contributed by atoms with Gasteiger partial charge in [-0.3, -0.25) is 9.59 Å². The lowest BCUT2D eigenvalue weighted by atomic mass is 10.1. The topological polar surface area (TPSA) is 132 Å². The van der Waals surface area contributed by atoms with Gasteiger partial charge in [-0.2, -0.15) is 4.31 Å². The molecule has 2 N–H and O–H groups in total. The summed E-state index contributed by atoms with van der Waals surface area (Å²) in [6.07, 6.45) is 3.37. The molecular formula is C34H53N3O8S. The van der Waals surface area contributed by atoms with E-state index >= 15 is 0 Å². The number of unbranched alkanes of at least 4 members (excludes halogenated alkanes) is 2. The van der Waals surface area contributed by atoms with Crippen LogP contribution in [0.25, 0.3) is 0 Å². The molecule has 1 heterocycles. The molecule has 11 nitrogen and oxygen atoms in total. The van der Waals surface area contributed by atoms with Gasteiger partial charge in [0.25, 0.3) is 10.9 Å². The smallest absolute Gasteiger partial charge is 0.253 e. The minimum atomic E-state index is -3.65. The average molecular weight is 664 g/mol. The Morgan fingerprint density at radius 3 is 1.70 bits per heavy atom. The highest BCUT2D eigenvalue weighted by atomic mass is 32.2. The standard InChI is InChI=1S/C30H39N3O8S.C2H6.C2H4.2H2/c1-3-5-13-33(14-6-4-2)42(36,37)24-10-7-22(8-11-24)31-27-28(30(35)29(27)34)32-23-9-12-25-26(21-23)41-20-18-39-16-15-38-17-19-40-25;2*1-2;;/h7-12,21,31-32H,3-6,13-20H2,1-2H3;1-2H3;1-2H2;2*1H. The van der Waals surface area contributed by atoms with Crippen LogP contribution in [0.15, 0.2) is 70.1 Å². The number of hydrogen-bond acceptors (Lipinski definition) is 10. The largest absolute Gasteiger partial charge is 0.487 e. The molecule has 0 saturated carbocycles. The summed E-state index contributed by atoms with van der Waals surface area (Å²) in [7, 11) is -3.65. The van der Waals surface area contributed by atoms with Gasteiger partial charge in [0.05, 0.1) is 31.3 Å². The molecule has 0 spiro atoms. The normalized spacial score (nSPS) is 13.7. The summed E-state index contributed by atoms with van der Waals surface area (Å²) < 4.78 is 50.6. The van der Waals surface area contributed by atoms with Gasteiger partial charge in [0.1, 0.15) is 24.6 Å². The molecule has 46 heavy (non-hydrogen) atoms. The van der Waals surface area contributed by atoms with Crippen molar-refractivity contribution in [1.29, 1.82) is 0 Å². The minimum absolute atomic E-state index is 0. The summed E-state index contributed by atoms with van der Waals surface area (Å²) in [5, 5.41) is 5.97. The summed E-state index contributed by atoms with van der Waals surface area (Å²) >= 11 is 0. The summed E-state index contributed by atoms with van der Waals surface area (Å²) in [6.45, 7) is 17.4. The van der Waals surface area contributed by atoms with Crippen molar-refractivity contribution in [2.45, 2.75) is 58.3 Å². The van der Waals surface area contributed by atoms with E-state index in [2.05, 4.69) is 23.8 Å². The first-order chi connectivity index (χ1) is 22.3. The third kappa shape index (κ3) is 10.7. The second-order valence-electron chi connectivity index (χ2n) is 9.88. The Bertz CT molecular complexity index is 1510. The van der Waals surface area contributed by atoms with E-state index in [1.807, 2.05) is 27.7 Å². The number of nitrogens with zero attached hydrogens (tertiary/aromatic N) is 1. The first-order valence-electron chi connectivity index (χ1n) is 15.9. The van der Waals surface area contributed by atoms with Crippen LogP contribution < -0.4 is 31.0 Å². The molecule has 3 aromatic rings. The zero-order chi connectivity index (χ0) is 34.0. The number of fused-ring (bicyclic) bond motifs is 1. The van der Waals surface area contributed by atoms with Crippen molar-refractivity contribution in [3.8, 4) is 11.5 Å². The zero-order valence-electron chi connectivity index (χ0n) is 27.6. The monoisotopic (exact) mass is 663 g/mol. The van der Waals surface area contributed by atoms with Crippen LogP contribution in [-0.4, -0.2) is 65.5 Å². The van der Waals surface area contributed by atoms with E-state index in [0.717, 1.165) is 25.7 Å². The molecule has 4 rings (SSSR count). The van der Waals surface area contributed by atoms with Gasteiger partial charge in [-0.25, -0.2) is 8.42 Å². The molecule has 0 amide bonds. The molecule has 3 aromatic carbocycles. The Balaban J connectivity index is 0.00000355. The molecule has 0 radical (unpaired) electrons. The second-order valence-corrected chi connectivity index (χ2v) is 11.8. The Kier molecular flexibility index (Phi) is 17.1. The van der Waals surface area contributed by atoms with E-state index in [-0.39, 0.29) is 19.1 Å². The fourth-order valence-electron chi connectivity index (χ4n) is 4.36. The maximum atomic E-state index is 13.3. The van der Waals surface area contributed by atoms with Gasteiger partial charge in [-0.1, -0.05) is 40.5 Å². The quantitative estimate of drug-likeness (QED) is 0.164. The molecule has 0 fully saturated rings. The molecule has 1 aliphatic heterocycles. The number of rotatable bonds is 12. The predicted octanol–water partition coefficient (Wildman–Crippen LogP) is 6.49. The SMILES string of the molecule is C=C.CC.CCCCN(CCCC)S(=O)(=O)c1ccc(Nc2c(Nc3ccc4c(c3)OCCOCCOCCO4)c(=O)c2=O)cc1.[HH].[HH]. The Morgan fingerprint density at radius 1 is 0.717 bits per heavy atom. The Morgan fingerprint density at radius 2 is 1.17 bits per heavy atom. The van der Waals surface area contributed by atoms with Crippen molar-refractivity contribution in [3.63, 3.8) is 0 Å². The fourth-order valence-corrected chi connectivity index (χ4v) is 5.88. The van der Waals surface area contributed by atoms with Gasteiger partial charge in [0.15, 0.2) is 11.5 Å². The van der Waals surface area contributed by atoms with E-state index in [4.69, 9.17) is 18.9 Å². The number of hydrogen-bond donors (Lipinski definition) is 2. The van der Waals surface area contributed by atoms with Crippen LogP contribution in [0.1, 0.15) is 56.2 Å². The van der Waals surface area contributed by atoms with E-state index in [1.54, 1.807) is 30.3 Å². The third-order valence-electron chi connectivity index (χ3n) is 6.75. The van der Waals surface area contributed by atoms with Crippen LogP contribution in [0.2, 0.25) is 0 Å². The van der Waals surface area contributed by atoms with Gasteiger partial charge < -0.3 is 29.6 Å². The summed E-state index contributed by atoms with van der Waals surface area (Å²) in [6, 6.07) is 11.3. The van der Waals surface area contributed by atoms with Crippen molar-refractivity contribution in [3.05, 3.63) is 76.1 Å². The predicted molar refractivity (Wildman–Crippen MR) is 189 cm³/mol. The van der Waals surface area contributed by atoms with Crippen LogP contribution in [0.4, 0.5) is 22.7 Å². The lowest BCUT2D eigenvalue weighted by molar-refractivity contribution is 0.0223. The van der Waals surface area contributed by atoms with Crippen LogP contribution in [0.5, 0.6) is 11.5 Å².